The van der Waals surface area contributed by atoms with Crippen LogP contribution in [0.15, 0.2) is 18.2 Å². The van der Waals surface area contributed by atoms with E-state index >= 15 is 0 Å². The Hall–Kier alpha value is -1.63. The molecule has 1 aliphatic rings. The van der Waals surface area contributed by atoms with Gasteiger partial charge in [0, 0.05) is 18.7 Å². The van der Waals surface area contributed by atoms with Gasteiger partial charge in [0.15, 0.2) is 0 Å². The third-order valence-corrected chi connectivity index (χ3v) is 3.54. The number of amides is 1. The molecular formula is C14H16F4N2O. The van der Waals surface area contributed by atoms with Gasteiger partial charge >= 0.3 is 6.18 Å². The lowest BCUT2D eigenvalue weighted by Gasteiger charge is -2.17. The molecular weight excluding hydrogens is 288 g/mol. The Bertz CT molecular complexity index is 530. The fourth-order valence-corrected chi connectivity index (χ4v) is 2.53. The number of hydrogen-bond acceptors (Lipinski definition) is 2. The second-order valence-corrected chi connectivity index (χ2v) is 5.19. The van der Waals surface area contributed by atoms with Gasteiger partial charge in [-0.25, -0.2) is 4.39 Å². The number of halogens is 4. The summed E-state index contributed by atoms with van der Waals surface area (Å²) in [5.41, 5.74) is -1.40. The van der Waals surface area contributed by atoms with Gasteiger partial charge in [0.05, 0.1) is 5.56 Å². The van der Waals surface area contributed by atoms with E-state index in [4.69, 9.17) is 0 Å². The minimum atomic E-state index is -4.67. The maximum absolute atomic E-state index is 13.3. The summed E-state index contributed by atoms with van der Waals surface area (Å²) in [6.07, 6.45) is -3.88. The number of benzene rings is 1. The highest BCUT2D eigenvalue weighted by atomic mass is 19.4. The van der Waals surface area contributed by atoms with Gasteiger partial charge in [0.1, 0.15) is 5.82 Å². The lowest BCUT2D eigenvalue weighted by atomic mass is 10.1. The van der Waals surface area contributed by atoms with Gasteiger partial charge in [-0.2, -0.15) is 13.2 Å². The molecule has 1 fully saturated rings. The fraction of sp³-hybridized carbons (Fsp3) is 0.500. The highest BCUT2D eigenvalue weighted by Crippen LogP contribution is 2.31. The van der Waals surface area contributed by atoms with Crippen LogP contribution in [0.3, 0.4) is 0 Å². The van der Waals surface area contributed by atoms with Crippen LogP contribution in [0.2, 0.25) is 0 Å². The maximum atomic E-state index is 13.3. The molecule has 1 aromatic rings. The lowest BCUT2D eigenvalue weighted by molar-refractivity contribution is -0.137. The zero-order chi connectivity index (χ0) is 15.6. The first-order chi connectivity index (χ1) is 9.81. The van der Waals surface area contributed by atoms with Crippen molar-refractivity contribution in [2.45, 2.75) is 12.6 Å². The van der Waals surface area contributed by atoms with Crippen LogP contribution < -0.4 is 5.32 Å². The Balaban J connectivity index is 2.18. The van der Waals surface area contributed by atoms with E-state index in [9.17, 15) is 22.4 Å². The monoisotopic (exact) mass is 304 g/mol. The Morgan fingerprint density at radius 2 is 2.10 bits per heavy atom. The van der Waals surface area contributed by atoms with Crippen molar-refractivity contribution in [2.75, 3.05) is 26.7 Å². The molecule has 1 aliphatic heterocycles. The van der Waals surface area contributed by atoms with Crippen molar-refractivity contribution in [3.63, 3.8) is 0 Å². The summed E-state index contributed by atoms with van der Waals surface area (Å²) in [5, 5.41) is 3.00. The van der Waals surface area contributed by atoms with Crippen molar-refractivity contribution in [2.24, 2.45) is 5.92 Å². The van der Waals surface area contributed by atoms with Gasteiger partial charge in [-0.3, -0.25) is 4.79 Å². The summed E-state index contributed by atoms with van der Waals surface area (Å²) in [5.74, 6) is -1.34. The third kappa shape index (κ3) is 3.72. The molecule has 0 aliphatic carbocycles. The molecule has 1 heterocycles. The van der Waals surface area contributed by atoms with E-state index in [-0.39, 0.29) is 11.5 Å². The molecule has 1 atom stereocenters. The van der Waals surface area contributed by atoms with Crippen molar-refractivity contribution in [1.29, 1.82) is 0 Å². The number of rotatable bonds is 3. The van der Waals surface area contributed by atoms with Crippen LogP contribution in [0.4, 0.5) is 17.6 Å². The average Bonchev–Trinajstić information content (AvgIpc) is 2.85. The normalized spacial score (nSPS) is 19.1. The SMILES string of the molecule is CNCC1CCN(C(=O)c2cc(F)cc(C(F)(F)F)c2)C1. The molecule has 2 rings (SSSR count). The second-order valence-electron chi connectivity index (χ2n) is 5.19. The Morgan fingerprint density at radius 3 is 2.71 bits per heavy atom. The first kappa shape index (κ1) is 15.8. The van der Waals surface area contributed by atoms with Crippen LogP contribution >= 0.6 is 0 Å². The zero-order valence-corrected chi connectivity index (χ0v) is 11.5. The molecule has 0 radical (unpaired) electrons. The third-order valence-electron chi connectivity index (χ3n) is 3.54. The van der Waals surface area contributed by atoms with Crippen molar-refractivity contribution in [3.05, 3.63) is 35.1 Å². The highest BCUT2D eigenvalue weighted by molar-refractivity contribution is 5.94. The van der Waals surface area contributed by atoms with Gasteiger partial charge in [-0.1, -0.05) is 0 Å². The Morgan fingerprint density at radius 1 is 1.38 bits per heavy atom. The summed E-state index contributed by atoms with van der Waals surface area (Å²) in [6, 6.07) is 1.95. The van der Waals surface area contributed by atoms with Gasteiger partial charge in [0.25, 0.3) is 5.91 Å². The number of carbonyl (C=O) groups excluding carboxylic acids is 1. The summed E-state index contributed by atoms with van der Waals surface area (Å²) >= 11 is 0. The van der Waals surface area contributed by atoms with Crippen LogP contribution in [0.1, 0.15) is 22.3 Å². The number of nitrogens with one attached hydrogen (secondary N) is 1. The molecule has 1 aromatic carbocycles. The summed E-state index contributed by atoms with van der Waals surface area (Å²) < 4.78 is 51.3. The standard InChI is InChI=1S/C14H16F4N2O/c1-19-7-9-2-3-20(8-9)13(21)10-4-11(14(16,17)18)6-12(15)5-10/h4-6,9,19H,2-3,7-8H2,1H3. The van der Waals surface area contributed by atoms with Crippen LogP contribution in [0, 0.1) is 11.7 Å². The van der Waals surface area contributed by atoms with Crippen LogP contribution in [0.5, 0.6) is 0 Å². The summed E-state index contributed by atoms with van der Waals surface area (Å²) in [4.78, 5) is 13.7. The van der Waals surface area contributed by atoms with Gasteiger partial charge in [0.2, 0.25) is 0 Å². The molecule has 0 saturated carbocycles. The van der Waals surface area contributed by atoms with Gasteiger partial charge < -0.3 is 10.2 Å². The van der Waals surface area contributed by atoms with Gasteiger partial charge in [-0.15, -0.1) is 0 Å². The van der Waals surface area contributed by atoms with Crippen LogP contribution in [0.25, 0.3) is 0 Å². The first-order valence-corrected chi connectivity index (χ1v) is 6.63. The number of hydrogen-bond donors (Lipinski definition) is 1. The average molecular weight is 304 g/mol. The molecule has 3 nitrogen and oxygen atoms in total. The molecule has 0 aromatic heterocycles. The number of nitrogens with zero attached hydrogens (tertiary/aromatic N) is 1. The molecule has 21 heavy (non-hydrogen) atoms. The number of likely N-dealkylation sites (tertiary alicyclic amines) is 1. The van der Waals surface area contributed by atoms with E-state index in [0.29, 0.717) is 25.2 Å². The van der Waals surface area contributed by atoms with E-state index in [1.807, 2.05) is 0 Å². The van der Waals surface area contributed by atoms with E-state index in [2.05, 4.69) is 5.32 Å². The molecule has 1 saturated heterocycles. The highest BCUT2D eigenvalue weighted by Gasteiger charge is 2.33. The van der Waals surface area contributed by atoms with Crippen LogP contribution in [-0.4, -0.2) is 37.5 Å². The molecule has 1 N–H and O–H groups in total. The second kappa shape index (κ2) is 6.01. The number of alkyl halides is 3. The molecule has 0 bridgehead atoms. The Kier molecular flexibility index (Phi) is 4.51. The van der Waals surface area contributed by atoms with Crippen molar-refractivity contribution >= 4 is 5.91 Å². The smallest absolute Gasteiger partial charge is 0.338 e. The first-order valence-electron chi connectivity index (χ1n) is 6.63. The predicted octanol–water partition coefficient (Wildman–Crippen LogP) is 2.53. The quantitative estimate of drug-likeness (QED) is 0.870. The Labute approximate surface area is 119 Å². The van der Waals surface area contributed by atoms with Gasteiger partial charge in [-0.05, 0) is 44.1 Å². The van der Waals surface area contributed by atoms with Crippen molar-refractivity contribution < 1.29 is 22.4 Å². The lowest BCUT2D eigenvalue weighted by Crippen LogP contribution is -2.30. The van der Waals surface area contributed by atoms with E-state index < -0.39 is 23.5 Å². The van der Waals surface area contributed by atoms with E-state index in [1.54, 1.807) is 7.05 Å². The largest absolute Gasteiger partial charge is 0.416 e. The zero-order valence-electron chi connectivity index (χ0n) is 11.5. The molecule has 1 amide bonds. The fourth-order valence-electron chi connectivity index (χ4n) is 2.53. The maximum Gasteiger partial charge on any atom is 0.416 e. The predicted molar refractivity (Wildman–Crippen MR) is 69.3 cm³/mol. The molecule has 7 heteroatoms. The summed E-state index contributed by atoms with van der Waals surface area (Å²) in [6.45, 7) is 1.68. The minimum absolute atomic E-state index is 0.257. The topological polar surface area (TPSA) is 32.3 Å². The molecule has 116 valence electrons. The molecule has 0 spiro atoms. The van der Waals surface area contributed by atoms with Crippen molar-refractivity contribution in [3.8, 4) is 0 Å². The van der Waals surface area contributed by atoms with E-state index in [1.165, 1.54) is 4.90 Å². The van der Waals surface area contributed by atoms with Crippen LogP contribution in [-0.2, 0) is 6.18 Å². The number of carbonyl (C=O) groups is 1. The molecule has 1 unspecified atom stereocenters. The summed E-state index contributed by atoms with van der Waals surface area (Å²) in [7, 11) is 1.80. The van der Waals surface area contributed by atoms with E-state index in [0.717, 1.165) is 19.0 Å². The minimum Gasteiger partial charge on any atom is -0.338 e. The van der Waals surface area contributed by atoms with Crippen molar-refractivity contribution in [1.82, 2.24) is 10.2 Å².